The van der Waals surface area contributed by atoms with Crippen molar-refractivity contribution in [3.05, 3.63) is 23.8 Å². The molecule has 3 heteroatoms. The van der Waals surface area contributed by atoms with Crippen molar-refractivity contribution in [2.75, 3.05) is 0 Å². The fourth-order valence-electron chi connectivity index (χ4n) is 0.808. The van der Waals surface area contributed by atoms with Crippen molar-refractivity contribution >= 4 is 0 Å². The van der Waals surface area contributed by atoms with Crippen LogP contribution in [0.5, 0.6) is 0 Å². The van der Waals surface area contributed by atoms with E-state index in [9.17, 15) is 0 Å². The van der Waals surface area contributed by atoms with E-state index >= 15 is 0 Å². The second-order valence-electron chi connectivity index (χ2n) is 2.17. The van der Waals surface area contributed by atoms with Gasteiger partial charge < -0.3 is 6.15 Å². The first-order chi connectivity index (χ1) is 4.86. The Hall–Kier alpha value is -0.960. The molecule has 3 N–H and O–H groups in total. The van der Waals surface area contributed by atoms with E-state index in [1.54, 1.807) is 0 Å². The summed E-state index contributed by atoms with van der Waals surface area (Å²) in [6.07, 6.45) is 3.74. The molecule has 0 atom stereocenters. The highest BCUT2D eigenvalue weighted by Gasteiger charge is 1.92. The lowest BCUT2D eigenvalue weighted by molar-refractivity contribution is 0.887. The Labute approximate surface area is 67.5 Å². The Morgan fingerprint density at radius 3 is 2.55 bits per heavy atom. The summed E-state index contributed by atoms with van der Waals surface area (Å²) in [6, 6.07) is 1.96. The monoisotopic (exact) mass is 153 g/mol. The lowest BCUT2D eigenvalue weighted by atomic mass is 10.3. The van der Waals surface area contributed by atoms with Crippen molar-refractivity contribution in [3.63, 3.8) is 0 Å². The third kappa shape index (κ3) is 2.63. The molecule has 0 aliphatic heterocycles. The molecule has 0 aliphatic rings. The number of aryl methyl sites for hydroxylation is 2. The molecule has 11 heavy (non-hydrogen) atoms. The summed E-state index contributed by atoms with van der Waals surface area (Å²) in [4.78, 5) is 8.39. The van der Waals surface area contributed by atoms with Gasteiger partial charge >= 0.3 is 0 Å². The van der Waals surface area contributed by atoms with E-state index in [0.29, 0.717) is 0 Å². The largest absolute Gasteiger partial charge is 0.344 e. The van der Waals surface area contributed by atoms with Gasteiger partial charge in [-0.3, -0.25) is 0 Å². The first-order valence-corrected chi connectivity index (χ1v) is 3.67. The summed E-state index contributed by atoms with van der Waals surface area (Å²) in [5.74, 6) is 0.944. The number of aromatic nitrogens is 2. The van der Waals surface area contributed by atoms with Crippen LogP contribution < -0.4 is 6.15 Å². The van der Waals surface area contributed by atoms with Crippen molar-refractivity contribution in [3.8, 4) is 0 Å². The molecule has 1 aromatic heterocycles. The number of hydrogen-bond donors (Lipinski definition) is 1. The predicted molar refractivity (Wildman–Crippen MR) is 45.8 cm³/mol. The van der Waals surface area contributed by atoms with Gasteiger partial charge in [0.25, 0.3) is 0 Å². The highest BCUT2D eigenvalue weighted by molar-refractivity contribution is 5.01. The van der Waals surface area contributed by atoms with Crippen LogP contribution in [0.1, 0.15) is 25.4 Å². The average Bonchev–Trinajstić information content (AvgIpc) is 2.05. The van der Waals surface area contributed by atoms with E-state index in [2.05, 4.69) is 23.8 Å². The molecule has 1 rings (SSSR count). The molecule has 1 aromatic rings. The lowest BCUT2D eigenvalue weighted by Crippen LogP contribution is -1.95. The molecule has 1 heterocycles. The van der Waals surface area contributed by atoms with Crippen LogP contribution in [0, 0.1) is 0 Å². The summed E-state index contributed by atoms with van der Waals surface area (Å²) in [7, 11) is 0. The number of hydrogen-bond acceptors (Lipinski definition) is 3. The Morgan fingerprint density at radius 1 is 1.27 bits per heavy atom. The maximum Gasteiger partial charge on any atom is 0.128 e. The Balaban J connectivity index is 0.000001000. The molecule has 0 saturated carbocycles. The van der Waals surface area contributed by atoms with Crippen molar-refractivity contribution in [1.82, 2.24) is 16.1 Å². The molecular weight excluding hydrogens is 138 g/mol. The van der Waals surface area contributed by atoms with Gasteiger partial charge in [-0.1, -0.05) is 13.8 Å². The normalized spacial score (nSPS) is 8.91. The summed E-state index contributed by atoms with van der Waals surface area (Å²) in [5.41, 5.74) is 1.13. The zero-order valence-electron chi connectivity index (χ0n) is 7.17. The molecule has 0 aromatic carbocycles. The summed E-state index contributed by atoms with van der Waals surface area (Å²) in [5, 5.41) is 0. The van der Waals surface area contributed by atoms with Gasteiger partial charge in [0.15, 0.2) is 0 Å². The molecule has 0 unspecified atom stereocenters. The molecule has 0 aliphatic carbocycles. The van der Waals surface area contributed by atoms with E-state index in [4.69, 9.17) is 0 Å². The van der Waals surface area contributed by atoms with E-state index in [0.717, 1.165) is 24.4 Å². The first kappa shape index (κ1) is 10.0. The Morgan fingerprint density at radius 2 is 2.00 bits per heavy atom. The van der Waals surface area contributed by atoms with Crippen LogP contribution in [0.25, 0.3) is 0 Å². The van der Waals surface area contributed by atoms with Gasteiger partial charge in [-0.25, -0.2) is 9.97 Å². The van der Waals surface area contributed by atoms with Crippen LogP contribution in [0.3, 0.4) is 0 Å². The van der Waals surface area contributed by atoms with E-state index in [1.807, 2.05) is 12.3 Å². The van der Waals surface area contributed by atoms with Crippen LogP contribution in [-0.4, -0.2) is 9.97 Å². The van der Waals surface area contributed by atoms with Crippen molar-refractivity contribution in [2.24, 2.45) is 0 Å². The van der Waals surface area contributed by atoms with Gasteiger partial charge in [-0.05, 0) is 12.5 Å². The van der Waals surface area contributed by atoms with Gasteiger partial charge in [0.1, 0.15) is 5.82 Å². The van der Waals surface area contributed by atoms with Gasteiger partial charge in [-0.15, -0.1) is 0 Å². The van der Waals surface area contributed by atoms with E-state index in [1.165, 1.54) is 0 Å². The Kier molecular flexibility index (Phi) is 4.38. The number of rotatable bonds is 2. The van der Waals surface area contributed by atoms with Crippen molar-refractivity contribution in [2.45, 2.75) is 26.7 Å². The fraction of sp³-hybridized carbons (Fsp3) is 0.500. The SMILES string of the molecule is CCc1ccnc(CC)n1.N. The molecule has 0 fully saturated rings. The minimum Gasteiger partial charge on any atom is -0.344 e. The summed E-state index contributed by atoms with van der Waals surface area (Å²) in [6.45, 7) is 4.16. The minimum atomic E-state index is 0. The lowest BCUT2D eigenvalue weighted by Gasteiger charge is -1.96. The molecule has 0 bridgehead atoms. The third-order valence-electron chi connectivity index (χ3n) is 1.44. The predicted octanol–water partition coefficient (Wildman–Crippen LogP) is 1.76. The highest BCUT2D eigenvalue weighted by atomic mass is 14.9. The zero-order valence-corrected chi connectivity index (χ0v) is 7.17. The summed E-state index contributed by atoms with van der Waals surface area (Å²) >= 11 is 0. The molecule has 3 nitrogen and oxygen atoms in total. The van der Waals surface area contributed by atoms with Crippen LogP contribution in [0.4, 0.5) is 0 Å². The highest BCUT2D eigenvalue weighted by Crippen LogP contribution is 1.95. The van der Waals surface area contributed by atoms with Crippen LogP contribution in [-0.2, 0) is 12.8 Å². The molecular formula is C8H15N3. The van der Waals surface area contributed by atoms with Crippen molar-refractivity contribution < 1.29 is 0 Å². The van der Waals surface area contributed by atoms with Gasteiger partial charge in [0.2, 0.25) is 0 Å². The molecule has 0 saturated heterocycles. The molecule has 0 amide bonds. The zero-order chi connectivity index (χ0) is 7.40. The van der Waals surface area contributed by atoms with Gasteiger partial charge in [0, 0.05) is 18.3 Å². The maximum atomic E-state index is 4.30. The van der Waals surface area contributed by atoms with E-state index in [-0.39, 0.29) is 6.15 Å². The Bertz CT molecular complexity index is 191. The summed E-state index contributed by atoms with van der Waals surface area (Å²) < 4.78 is 0. The van der Waals surface area contributed by atoms with E-state index < -0.39 is 0 Å². The topological polar surface area (TPSA) is 60.8 Å². The second-order valence-corrected chi connectivity index (χ2v) is 2.17. The van der Waals surface area contributed by atoms with Crippen LogP contribution >= 0.6 is 0 Å². The molecule has 0 spiro atoms. The number of nitrogens with zero attached hydrogens (tertiary/aromatic N) is 2. The fourth-order valence-corrected chi connectivity index (χ4v) is 0.808. The van der Waals surface area contributed by atoms with Crippen molar-refractivity contribution in [1.29, 1.82) is 0 Å². The minimum absolute atomic E-state index is 0. The van der Waals surface area contributed by atoms with Crippen LogP contribution in [0.15, 0.2) is 12.3 Å². The van der Waals surface area contributed by atoms with Gasteiger partial charge in [0.05, 0.1) is 0 Å². The third-order valence-corrected chi connectivity index (χ3v) is 1.44. The quantitative estimate of drug-likeness (QED) is 0.704. The van der Waals surface area contributed by atoms with Crippen LogP contribution in [0.2, 0.25) is 0 Å². The first-order valence-electron chi connectivity index (χ1n) is 3.67. The standard InChI is InChI=1S/C8H12N2.H3N/c1-3-7-5-6-9-8(4-2)10-7;/h5-6H,3-4H2,1-2H3;1H3. The smallest absolute Gasteiger partial charge is 0.128 e. The molecule has 62 valence electrons. The van der Waals surface area contributed by atoms with Gasteiger partial charge in [-0.2, -0.15) is 0 Å². The molecule has 0 radical (unpaired) electrons. The second kappa shape index (κ2) is 4.79. The average molecular weight is 153 g/mol. The maximum absolute atomic E-state index is 4.30.